The van der Waals surface area contributed by atoms with Crippen molar-refractivity contribution in [1.82, 2.24) is 0 Å². The molecule has 0 aliphatic heterocycles. The third-order valence-corrected chi connectivity index (χ3v) is 4.04. The van der Waals surface area contributed by atoms with Crippen LogP contribution in [0.1, 0.15) is 19.8 Å². The Morgan fingerprint density at radius 1 is 1.24 bits per heavy atom. The minimum atomic E-state index is 0.451. The Kier molecular flexibility index (Phi) is 7.01. The summed E-state index contributed by atoms with van der Waals surface area (Å²) in [6, 6.07) is 3.26. The lowest BCUT2D eigenvalue weighted by atomic mass is 10.1. The third-order valence-electron chi connectivity index (χ3n) is 2.34. The smallest absolute Gasteiger partial charge is 0.156 e. The molecule has 0 aliphatic carbocycles. The van der Waals surface area contributed by atoms with Gasteiger partial charge in [0.25, 0.3) is 0 Å². The first-order valence-electron chi connectivity index (χ1n) is 5.41. The van der Waals surface area contributed by atoms with E-state index in [0.717, 1.165) is 18.2 Å². The van der Waals surface area contributed by atoms with Gasteiger partial charge in [-0.15, -0.1) is 0 Å². The van der Waals surface area contributed by atoms with Crippen LogP contribution in [-0.2, 0) is 0 Å². The molecule has 0 saturated heterocycles. The first-order chi connectivity index (χ1) is 8.08. The van der Waals surface area contributed by atoms with Crippen LogP contribution in [0.25, 0.3) is 0 Å². The summed E-state index contributed by atoms with van der Waals surface area (Å²) in [5.41, 5.74) is 0. The van der Waals surface area contributed by atoms with E-state index in [-0.39, 0.29) is 0 Å². The van der Waals surface area contributed by atoms with Gasteiger partial charge in [-0.1, -0.05) is 64.1 Å². The van der Waals surface area contributed by atoms with Crippen molar-refractivity contribution in [2.45, 2.75) is 19.8 Å². The quantitative estimate of drug-likeness (QED) is 0.579. The van der Waals surface area contributed by atoms with Crippen molar-refractivity contribution in [2.75, 3.05) is 11.9 Å². The van der Waals surface area contributed by atoms with Crippen LogP contribution >= 0.6 is 50.7 Å². The molecule has 1 nitrogen and oxygen atoms in total. The summed E-state index contributed by atoms with van der Waals surface area (Å²) in [5, 5.41) is 2.32. The molecule has 1 unspecified atom stereocenters. The minimum absolute atomic E-state index is 0.451. The topological polar surface area (TPSA) is 9.23 Å². The highest BCUT2D eigenvalue weighted by molar-refractivity contribution is 9.09. The third kappa shape index (κ3) is 4.86. The Balaban J connectivity index is 2.68. The lowest BCUT2D eigenvalue weighted by Gasteiger charge is -2.16. The lowest BCUT2D eigenvalue weighted by molar-refractivity contribution is 0.255. The van der Waals surface area contributed by atoms with Crippen LogP contribution in [-0.4, -0.2) is 11.9 Å². The molecule has 0 N–H and O–H groups in total. The van der Waals surface area contributed by atoms with Crippen LogP contribution in [0.5, 0.6) is 5.75 Å². The first kappa shape index (κ1) is 15.4. The normalized spacial score (nSPS) is 12.5. The van der Waals surface area contributed by atoms with Gasteiger partial charge in [-0.05, 0) is 18.6 Å². The molecule has 1 atom stereocenters. The van der Waals surface area contributed by atoms with Crippen LogP contribution in [0.15, 0.2) is 12.1 Å². The standard InChI is InChI=1S/C12H14BrCl3O/c1-2-3-8(6-13)7-17-12-10(15)4-9(14)5-11(12)16/h4-5,8H,2-3,6-7H2,1H3. The number of alkyl halides is 1. The summed E-state index contributed by atoms with van der Waals surface area (Å²) in [7, 11) is 0. The second kappa shape index (κ2) is 7.73. The summed E-state index contributed by atoms with van der Waals surface area (Å²) >= 11 is 21.4. The molecular formula is C12H14BrCl3O. The van der Waals surface area contributed by atoms with Gasteiger partial charge >= 0.3 is 0 Å². The van der Waals surface area contributed by atoms with E-state index < -0.39 is 0 Å². The average Bonchev–Trinajstić information content (AvgIpc) is 2.26. The van der Waals surface area contributed by atoms with E-state index in [2.05, 4.69) is 22.9 Å². The molecule has 1 rings (SSSR count). The highest BCUT2D eigenvalue weighted by atomic mass is 79.9. The Labute approximate surface area is 126 Å². The zero-order chi connectivity index (χ0) is 12.8. The molecule has 96 valence electrons. The second-order valence-electron chi connectivity index (χ2n) is 3.82. The second-order valence-corrected chi connectivity index (χ2v) is 5.72. The number of hydrogen-bond donors (Lipinski definition) is 0. The SMILES string of the molecule is CCCC(CBr)COc1c(Cl)cc(Cl)cc1Cl. The molecule has 1 aromatic carbocycles. The van der Waals surface area contributed by atoms with Crippen LogP contribution in [0, 0.1) is 5.92 Å². The maximum atomic E-state index is 6.03. The molecule has 1 aromatic rings. The highest BCUT2D eigenvalue weighted by Gasteiger charge is 2.12. The number of ether oxygens (including phenoxy) is 1. The molecule has 0 heterocycles. The largest absolute Gasteiger partial charge is 0.490 e. The highest BCUT2D eigenvalue weighted by Crippen LogP contribution is 2.36. The zero-order valence-electron chi connectivity index (χ0n) is 9.48. The van der Waals surface area contributed by atoms with Crippen LogP contribution < -0.4 is 4.74 Å². The fraction of sp³-hybridized carbons (Fsp3) is 0.500. The molecule has 5 heteroatoms. The average molecular weight is 361 g/mol. The summed E-state index contributed by atoms with van der Waals surface area (Å²) in [5.74, 6) is 0.975. The van der Waals surface area contributed by atoms with E-state index in [4.69, 9.17) is 39.5 Å². The van der Waals surface area contributed by atoms with Crippen molar-refractivity contribution in [3.05, 3.63) is 27.2 Å². The van der Waals surface area contributed by atoms with Crippen LogP contribution in [0.2, 0.25) is 15.1 Å². The van der Waals surface area contributed by atoms with E-state index in [9.17, 15) is 0 Å². The molecule has 0 saturated carbocycles. The molecule has 0 fully saturated rings. The molecule has 17 heavy (non-hydrogen) atoms. The Morgan fingerprint density at radius 2 is 1.82 bits per heavy atom. The van der Waals surface area contributed by atoms with Gasteiger partial charge < -0.3 is 4.74 Å². The van der Waals surface area contributed by atoms with Crippen molar-refractivity contribution in [2.24, 2.45) is 5.92 Å². The van der Waals surface area contributed by atoms with E-state index in [1.807, 2.05) is 0 Å². The molecule has 0 bridgehead atoms. The Hall–Kier alpha value is 0.370. The Morgan fingerprint density at radius 3 is 2.29 bits per heavy atom. The van der Waals surface area contributed by atoms with E-state index >= 15 is 0 Å². The summed E-state index contributed by atoms with van der Waals surface area (Å²) in [4.78, 5) is 0. The van der Waals surface area contributed by atoms with Gasteiger partial charge in [0, 0.05) is 16.3 Å². The van der Waals surface area contributed by atoms with Crippen molar-refractivity contribution in [3.63, 3.8) is 0 Å². The van der Waals surface area contributed by atoms with Crippen molar-refractivity contribution in [1.29, 1.82) is 0 Å². The minimum Gasteiger partial charge on any atom is -0.490 e. The maximum Gasteiger partial charge on any atom is 0.156 e. The number of rotatable bonds is 6. The number of halogens is 4. The van der Waals surface area contributed by atoms with Gasteiger partial charge in [0.05, 0.1) is 16.7 Å². The van der Waals surface area contributed by atoms with Gasteiger partial charge in [0.1, 0.15) is 0 Å². The van der Waals surface area contributed by atoms with E-state index in [0.29, 0.717) is 33.3 Å². The molecule has 0 aliphatic rings. The summed E-state index contributed by atoms with van der Waals surface area (Å²) in [6.07, 6.45) is 2.23. The van der Waals surface area contributed by atoms with Gasteiger partial charge in [-0.25, -0.2) is 0 Å². The zero-order valence-corrected chi connectivity index (χ0v) is 13.3. The van der Waals surface area contributed by atoms with Gasteiger partial charge in [0.15, 0.2) is 5.75 Å². The van der Waals surface area contributed by atoms with Crippen LogP contribution in [0.3, 0.4) is 0 Å². The summed E-state index contributed by atoms with van der Waals surface area (Å²) in [6.45, 7) is 2.75. The molecule has 0 spiro atoms. The fourth-order valence-corrected chi connectivity index (χ4v) is 2.92. The van der Waals surface area contributed by atoms with Crippen molar-refractivity contribution >= 4 is 50.7 Å². The van der Waals surface area contributed by atoms with Gasteiger partial charge in [-0.2, -0.15) is 0 Å². The fourth-order valence-electron chi connectivity index (χ4n) is 1.48. The molecular weight excluding hydrogens is 346 g/mol. The molecule has 0 aromatic heterocycles. The van der Waals surface area contributed by atoms with E-state index in [1.54, 1.807) is 12.1 Å². The van der Waals surface area contributed by atoms with E-state index in [1.165, 1.54) is 0 Å². The van der Waals surface area contributed by atoms with Crippen LogP contribution in [0.4, 0.5) is 0 Å². The van der Waals surface area contributed by atoms with Crippen molar-refractivity contribution in [3.8, 4) is 5.75 Å². The first-order valence-corrected chi connectivity index (χ1v) is 7.67. The van der Waals surface area contributed by atoms with Gasteiger partial charge in [0.2, 0.25) is 0 Å². The predicted molar refractivity (Wildman–Crippen MR) is 79.2 cm³/mol. The van der Waals surface area contributed by atoms with Gasteiger partial charge in [-0.3, -0.25) is 0 Å². The van der Waals surface area contributed by atoms with Crippen molar-refractivity contribution < 1.29 is 4.74 Å². The Bertz CT molecular complexity index is 348. The molecule has 0 radical (unpaired) electrons. The summed E-state index contributed by atoms with van der Waals surface area (Å²) < 4.78 is 5.68. The predicted octanol–water partition coefficient (Wildman–Crippen LogP) is 5.84. The molecule has 0 amide bonds. The monoisotopic (exact) mass is 358 g/mol. The number of benzene rings is 1. The maximum absolute atomic E-state index is 6.03. The lowest BCUT2D eigenvalue weighted by Crippen LogP contribution is -2.13. The number of hydrogen-bond acceptors (Lipinski definition) is 1.